The van der Waals surface area contributed by atoms with Gasteiger partial charge in [-0.3, -0.25) is 4.79 Å². The van der Waals surface area contributed by atoms with Crippen LogP contribution in [0.5, 0.6) is 0 Å². The number of nitrogens with zero attached hydrogens (tertiary/aromatic N) is 1. The molecule has 0 unspecified atom stereocenters. The Morgan fingerprint density at radius 2 is 2.28 bits per heavy atom. The average molecular weight is 285 g/mol. The summed E-state index contributed by atoms with van der Waals surface area (Å²) in [5.74, 6) is 2.13. The van der Waals surface area contributed by atoms with E-state index < -0.39 is 0 Å². The number of aliphatic hydroxyl groups excluding tert-OH is 1. The van der Waals surface area contributed by atoms with E-state index in [-0.39, 0.29) is 12.2 Å². The lowest BCUT2D eigenvalue weighted by Crippen LogP contribution is -2.11. The van der Waals surface area contributed by atoms with Crippen LogP contribution in [0.15, 0.2) is 23.0 Å². The third-order valence-electron chi connectivity index (χ3n) is 2.40. The topological polar surface area (TPSA) is 66.0 Å². The molecule has 18 heavy (non-hydrogen) atoms. The molecule has 0 fully saturated rings. The Hall–Kier alpha value is -1.04. The minimum absolute atomic E-state index is 0.166. The number of aliphatic hydroxyl groups is 1. The molecular weight excluding hydrogens is 272 g/mol. The number of thioether (sulfide) groups is 1. The molecule has 1 aromatic carbocycles. The van der Waals surface area contributed by atoms with Crippen LogP contribution >= 0.6 is 23.4 Å². The molecule has 2 aromatic rings. The van der Waals surface area contributed by atoms with Crippen molar-refractivity contribution in [3.8, 4) is 0 Å². The molecule has 0 spiro atoms. The number of rotatable bonds is 5. The Bertz CT molecular complexity index is 600. The Kier molecular flexibility index (Phi) is 4.63. The van der Waals surface area contributed by atoms with Crippen molar-refractivity contribution in [2.24, 2.45) is 0 Å². The molecule has 0 aliphatic heterocycles. The second-order valence-electron chi connectivity index (χ2n) is 3.80. The summed E-state index contributed by atoms with van der Waals surface area (Å²) in [6, 6.07) is 5.08. The molecule has 0 saturated carbocycles. The van der Waals surface area contributed by atoms with E-state index in [4.69, 9.17) is 16.7 Å². The Labute approximate surface area is 113 Å². The Balaban J connectivity index is 2.21. The number of hydrogen-bond acceptors (Lipinski definition) is 4. The molecule has 0 saturated heterocycles. The smallest absolute Gasteiger partial charge is 0.258 e. The Morgan fingerprint density at radius 3 is 3.06 bits per heavy atom. The van der Waals surface area contributed by atoms with Crippen LogP contribution in [0.3, 0.4) is 0 Å². The van der Waals surface area contributed by atoms with Gasteiger partial charge in [0.15, 0.2) is 0 Å². The van der Waals surface area contributed by atoms with Gasteiger partial charge in [0, 0.05) is 11.6 Å². The minimum atomic E-state index is -0.166. The van der Waals surface area contributed by atoms with Gasteiger partial charge in [0.2, 0.25) is 0 Å². The maximum Gasteiger partial charge on any atom is 0.258 e. The molecule has 2 N–H and O–H groups in total. The van der Waals surface area contributed by atoms with Gasteiger partial charge in [-0.15, -0.1) is 0 Å². The van der Waals surface area contributed by atoms with Crippen molar-refractivity contribution in [2.45, 2.75) is 12.2 Å². The number of aromatic amines is 1. The van der Waals surface area contributed by atoms with Crippen molar-refractivity contribution in [3.05, 3.63) is 39.4 Å². The van der Waals surface area contributed by atoms with Gasteiger partial charge in [0.05, 0.1) is 16.7 Å². The van der Waals surface area contributed by atoms with E-state index >= 15 is 0 Å². The number of H-pyrrole nitrogens is 1. The summed E-state index contributed by atoms with van der Waals surface area (Å²) in [6.07, 6.45) is 0.748. The van der Waals surface area contributed by atoms with E-state index in [1.807, 2.05) is 0 Å². The van der Waals surface area contributed by atoms with Gasteiger partial charge in [-0.05, 0) is 30.4 Å². The van der Waals surface area contributed by atoms with E-state index in [1.54, 1.807) is 30.0 Å². The lowest BCUT2D eigenvalue weighted by Gasteiger charge is -2.03. The lowest BCUT2D eigenvalue weighted by atomic mass is 10.2. The largest absolute Gasteiger partial charge is 0.396 e. The molecule has 0 radical (unpaired) electrons. The van der Waals surface area contributed by atoms with Gasteiger partial charge in [-0.25, -0.2) is 4.98 Å². The van der Waals surface area contributed by atoms with Gasteiger partial charge < -0.3 is 10.1 Å². The van der Waals surface area contributed by atoms with Crippen LogP contribution in [0.25, 0.3) is 10.9 Å². The van der Waals surface area contributed by atoms with Gasteiger partial charge in [0.25, 0.3) is 5.56 Å². The molecule has 6 heteroatoms. The fourth-order valence-electron chi connectivity index (χ4n) is 1.56. The minimum Gasteiger partial charge on any atom is -0.396 e. The molecule has 96 valence electrons. The predicted molar refractivity (Wildman–Crippen MR) is 75.2 cm³/mol. The highest BCUT2D eigenvalue weighted by Gasteiger charge is 2.04. The highest BCUT2D eigenvalue weighted by atomic mass is 35.5. The second kappa shape index (κ2) is 6.22. The third-order valence-corrected chi connectivity index (χ3v) is 3.69. The zero-order valence-electron chi connectivity index (χ0n) is 9.65. The summed E-state index contributed by atoms with van der Waals surface area (Å²) in [7, 11) is 0. The number of hydrogen-bond donors (Lipinski definition) is 2. The number of benzene rings is 1. The number of nitrogens with one attached hydrogen (secondary N) is 1. The standard InChI is InChI=1S/C12H13ClN2O2S/c13-8-2-3-10-9(6-8)12(17)15-11(14-10)7-18-5-1-4-16/h2-3,6,16H,1,4-5,7H2,(H,14,15,17). The number of fused-ring (bicyclic) bond motifs is 1. The fraction of sp³-hybridized carbons (Fsp3) is 0.333. The highest BCUT2D eigenvalue weighted by Crippen LogP contribution is 2.16. The predicted octanol–water partition coefficient (Wildman–Crippen LogP) is 2.19. The van der Waals surface area contributed by atoms with E-state index in [9.17, 15) is 4.79 Å². The van der Waals surface area contributed by atoms with E-state index in [0.717, 1.165) is 12.2 Å². The van der Waals surface area contributed by atoms with Gasteiger partial charge in [-0.2, -0.15) is 11.8 Å². The molecule has 1 heterocycles. The van der Waals surface area contributed by atoms with E-state index in [1.165, 1.54) is 0 Å². The van der Waals surface area contributed by atoms with E-state index in [0.29, 0.717) is 27.5 Å². The zero-order chi connectivity index (χ0) is 13.0. The van der Waals surface area contributed by atoms with Crippen molar-refractivity contribution in [2.75, 3.05) is 12.4 Å². The summed E-state index contributed by atoms with van der Waals surface area (Å²) in [5, 5.41) is 9.71. The summed E-state index contributed by atoms with van der Waals surface area (Å²) >= 11 is 7.47. The molecule has 1 aromatic heterocycles. The first-order valence-electron chi connectivity index (χ1n) is 5.58. The molecule has 0 aliphatic carbocycles. The summed E-state index contributed by atoms with van der Waals surface area (Å²) in [4.78, 5) is 19.0. The van der Waals surface area contributed by atoms with Gasteiger partial charge in [-0.1, -0.05) is 11.6 Å². The highest BCUT2D eigenvalue weighted by molar-refractivity contribution is 7.98. The van der Waals surface area contributed by atoms with Crippen LogP contribution < -0.4 is 5.56 Å². The average Bonchev–Trinajstić information content (AvgIpc) is 2.36. The van der Waals surface area contributed by atoms with Crippen LogP contribution in [-0.2, 0) is 5.75 Å². The maximum atomic E-state index is 11.8. The molecule has 4 nitrogen and oxygen atoms in total. The van der Waals surface area contributed by atoms with Crippen LogP contribution in [-0.4, -0.2) is 27.4 Å². The zero-order valence-corrected chi connectivity index (χ0v) is 11.2. The number of aromatic nitrogens is 2. The molecule has 0 amide bonds. The summed E-state index contributed by atoms with van der Waals surface area (Å²) < 4.78 is 0. The van der Waals surface area contributed by atoms with Crippen molar-refractivity contribution in [1.29, 1.82) is 0 Å². The van der Waals surface area contributed by atoms with Crippen LogP contribution in [0, 0.1) is 0 Å². The third kappa shape index (κ3) is 3.25. The molecular formula is C12H13ClN2O2S. The molecule has 0 aliphatic rings. The molecule has 0 bridgehead atoms. The lowest BCUT2D eigenvalue weighted by molar-refractivity contribution is 0.296. The first kappa shape index (κ1) is 13.4. The van der Waals surface area contributed by atoms with Crippen LogP contribution in [0.2, 0.25) is 5.02 Å². The van der Waals surface area contributed by atoms with Crippen molar-refractivity contribution < 1.29 is 5.11 Å². The van der Waals surface area contributed by atoms with Crippen LogP contribution in [0.1, 0.15) is 12.2 Å². The van der Waals surface area contributed by atoms with Crippen molar-refractivity contribution in [3.63, 3.8) is 0 Å². The van der Waals surface area contributed by atoms with E-state index in [2.05, 4.69) is 9.97 Å². The van der Waals surface area contributed by atoms with Gasteiger partial charge in [0.1, 0.15) is 5.82 Å². The first-order valence-corrected chi connectivity index (χ1v) is 7.11. The molecule has 2 rings (SSSR count). The Morgan fingerprint density at radius 1 is 1.44 bits per heavy atom. The quantitative estimate of drug-likeness (QED) is 0.826. The summed E-state index contributed by atoms with van der Waals surface area (Å²) in [5.41, 5.74) is 0.487. The maximum absolute atomic E-state index is 11.8. The second-order valence-corrected chi connectivity index (χ2v) is 5.35. The monoisotopic (exact) mass is 284 g/mol. The summed E-state index contributed by atoms with van der Waals surface area (Å²) in [6.45, 7) is 0.188. The first-order chi connectivity index (χ1) is 8.70. The van der Waals surface area contributed by atoms with Crippen molar-refractivity contribution >= 4 is 34.3 Å². The normalized spacial score (nSPS) is 11.0. The SMILES string of the molecule is O=c1[nH]c(CSCCCO)nc2ccc(Cl)cc12. The number of halogens is 1. The van der Waals surface area contributed by atoms with Crippen LogP contribution in [0.4, 0.5) is 0 Å². The van der Waals surface area contributed by atoms with Gasteiger partial charge >= 0.3 is 0 Å². The fourth-order valence-corrected chi connectivity index (χ4v) is 2.54. The molecule has 0 atom stereocenters. The van der Waals surface area contributed by atoms with Crippen molar-refractivity contribution in [1.82, 2.24) is 9.97 Å².